The van der Waals surface area contributed by atoms with Gasteiger partial charge < -0.3 is 0 Å². The van der Waals surface area contributed by atoms with E-state index in [0.717, 1.165) is 49.5 Å². The van der Waals surface area contributed by atoms with Crippen LogP contribution in [0, 0.1) is 6.92 Å². The second-order valence-electron chi connectivity index (χ2n) is 6.40. The van der Waals surface area contributed by atoms with Crippen molar-refractivity contribution in [2.24, 2.45) is 0 Å². The van der Waals surface area contributed by atoms with E-state index in [1.165, 1.54) is 0 Å². The Bertz CT molecular complexity index is 638. The summed E-state index contributed by atoms with van der Waals surface area (Å²) >= 11 is 1.69. The van der Waals surface area contributed by atoms with Gasteiger partial charge in [0.2, 0.25) is 10.0 Å². The van der Waals surface area contributed by atoms with Gasteiger partial charge in [-0.05, 0) is 32.6 Å². The molecule has 5 nitrogen and oxygen atoms in total. The lowest BCUT2D eigenvalue weighted by molar-refractivity contribution is 0.238. The molecule has 3 fully saturated rings. The van der Waals surface area contributed by atoms with Crippen LogP contribution in [0.25, 0.3) is 0 Å². The van der Waals surface area contributed by atoms with E-state index in [0.29, 0.717) is 12.6 Å². The molecule has 2 aliphatic heterocycles. The molecule has 0 unspecified atom stereocenters. The Morgan fingerprint density at radius 1 is 1.24 bits per heavy atom. The fourth-order valence-electron chi connectivity index (χ4n) is 3.79. The Hall–Kier alpha value is -0.500. The third-order valence-corrected chi connectivity index (χ3v) is 8.19. The molecular weight excluding hydrogens is 306 g/mol. The first-order valence-corrected chi connectivity index (χ1v) is 10.1. The molecule has 3 heterocycles. The van der Waals surface area contributed by atoms with Gasteiger partial charge in [-0.1, -0.05) is 0 Å². The van der Waals surface area contributed by atoms with Crippen LogP contribution in [0.2, 0.25) is 0 Å². The molecule has 1 aliphatic carbocycles. The lowest BCUT2D eigenvalue weighted by Crippen LogP contribution is -2.41. The zero-order chi connectivity index (χ0) is 14.6. The summed E-state index contributed by atoms with van der Waals surface area (Å²) in [7, 11) is -3.02. The van der Waals surface area contributed by atoms with Gasteiger partial charge in [-0.2, -0.15) is 4.31 Å². The molecule has 0 radical (unpaired) electrons. The van der Waals surface area contributed by atoms with E-state index in [4.69, 9.17) is 0 Å². The standard InChI is InChI=1S/C14H21N3O2S2/c1-10-15-11(9-20-10)8-16-6-4-14-13(16)5-7-17(14)21(18,19)12-2-3-12/h9,12-14H,2-8H2,1H3/t13-,14+/m0/s1. The molecule has 2 atom stereocenters. The highest BCUT2D eigenvalue weighted by Gasteiger charge is 2.50. The fraction of sp³-hybridized carbons (Fsp3) is 0.786. The van der Waals surface area contributed by atoms with Crippen molar-refractivity contribution in [2.45, 2.75) is 56.5 Å². The number of aryl methyl sites for hydroxylation is 1. The summed E-state index contributed by atoms with van der Waals surface area (Å²) in [6.45, 7) is 4.59. The van der Waals surface area contributed by atoms with Crippen molar-refractivity contribution in [3.8, 4) is 0 Å². The highest BCUT2D eigenvalue weighted by atomic mass is 32.2. The number of aromatic nitrogens is 1. The molecule has 2 saturated heterocycles. The molecule has 0 spiro atoms. The van der Waals surface area contributed by atoms with Crippen molar-refractivity contribution in [3.63, 3.8) is 0 Å². The maximum absolute atomic E-state index is 12.5. The zero-order valence-corrected chi connectivity index (χ0v) is 13.9. The van der Waals surface area contributed by atoms with Gasteiger partial charge in [-0.15, -0.1) is 11.3 Å². The van der Waals surface area contributed by atoms with Gasteiger partial charge in [0, 0.05) is 37.1 Å². The molecule has 4 rings (SSSR count). The van der Waals surface area contributed by atoms with Crippen LogP contribution in [-0.2, 0) is 16.6 Å². The van der Waals surface area contributed by atoms with Crippen molar-refractivity contribution < 1.29 is 8.42 Å². The van der Waals surface area contributed by atoms with E-state index in [9.17, 15) is 8.42 Å². The topological polar surface area (TPSA) is 53.5 Å². The summed E-state index contributed by atoms with van der Waals surface area (Å²) in [5.41, 5.74) is 1.13. The normalized spacial score (nSPS) is 30.9. The Kier molecular flexibility index (Phi) is 3.37. The van der Waals surface area contributed by atoms with Gasteiger partial charge in [0.1, 0.15) is 0 Å². The summed E-state index contributed by atoms with van der Waals surface area (Å²) in [6.07, 6.45) is 3.66. The maximum Gasteiger partial charge on any atom is 0.217 e. The zero-order valence-electron chi connectivity index (χ0n) is 12.2. The number of fused-ring (bicyclic) bond motifs is 1. The minimum absolute atomic E-state index is 0.0773. The van der Waals surface area contributed by atoms with Crippen molar-refractivity contribution >= 4 is 21.4 Å². The van der Waals surface area contributed by atoms with E-state index >= 15 is 0 Å². The van der Waals surface area contributed by atoms with Gasteiger partial charge in [0.25, 0.3) is 0 Å². The third kappa shape index (κ3) is 2.44. The molecule has 0 N–H and O–H groups in total. The first kappa shape index (κ1) is 14.1. The number of sulfonamides is 1. The molecule has 21 heavy (non-hydrogen) atoms. The van der Waals surface area contributed by atoms with Gasteiger partial charge in [-0.25, -0.2) is 13.4 Å². The van der Waals surface area contributed by atoms with E-state index in [2.05, 4.69) is 15.3 Å². The Balaban J connectivity index is 1.48. The SMILES string of the molecule is Cc1nc(CN2CC[C@@H]3[C@@H]2CCN3S(=O)(=O)C2CC2)cs1. The molecule has 1 aromatic rings. The van der Waals surface area contributed by atoms with Gasteiger partial charge in [-0.3, -0.25) is 4.90 Å². The monoisotopic (exact) mass is 327 g/mol. The highest BCUT2D eigenvalue weighted by Crippen LogP contribution is 2.39. The predicted octanol–water partition coefficient (Wildman–Crippen LogP) is 1.59. The van der Waals surface area contributed by atoms with Crippen molar-refractivity contribution in [1.82, 2.24) is 14.2 Å². The molecule has 1 saturated carbocycles. The van der Waals surface area contributed by atoms with E-state index in [-0.39, 0.29) is 11.3 Å². The number of nitrogens with zero attached hydrogens (tertiary/aromatic N) is 3. The average Bonchev–Trinajstić information content (AvgIpc) is 2.93. The summed E-state index contributed by atoms with van der Waals surface area (Å²) in [6, 6.07) is 0.593. The van der Waals surface area contributed by atoms with Crippen LogP contribution in [0.5, 0.6) is 0 Å². The van der Waals surface area contributed by atoms with E-state index in [1.807, 2.05) is 11.2 Å². The summed E-state index contributed by atoms with van der Waals surface area (Å²) in [4.78, 5) is 6.97. The first-order chi connectivity index (χ1) is 10.1. The number of hydrogen-bond acceptors (Lipinski definition) is 5. The Labute approximate surface area is 130 Å². The van der Waals surface area contributed by atoms with Crippen LogP contribution < -0.4 is 0 Å². The van der Waals surface area contributed by atoms with Crippen LogP contribution in [-0.4, -0.2) is 53.0 Å². The van der Waals surface area contributed by atoms with Crippen molar-refractivity contribution in [1.29, 1.82) is 0 Å². The van der Waals surface area contributed by atoms with Gasteiger partial charge in [0.05, 0.1) is 16.0 Å². The first-order valence-electron chi connectivity index (χ1n) is 7.71. The minimum atomic E-state index is -3.02. The predicted molar refractivity (Wildman–Crippen MR) is 82.7 cm³/mol. The van der Waals surface area contributed by atoms with Crippen LogP contribution in [0.3, 0.4) is 0 Å². The maximum atomic E-state index is 12.5. The van der Waals surface area contributed by atoms with E-state index in [1.54, 1.807) is 11.3 Å². The molecule has 3 aliphatic rings. The molecule has 0 aromatic carbocycles. The fourth-order valence-corrected chi connectivity index (χ4v) is 6.50. The minimum Gasteiger partial charge on any atom is -0.293 e. The molecule has 0 amide bonds. The summed E-state index contributed by atoms with van der Waals surface area (Å²) < 4.78 is 26.8. The van der Waals surface area contributed by atoms with Crippen LogP contribution in [0.15, 0.2) is 5.38 Å². The van der Waals surface area contributed by atoms with Gasteiger partial charge >= 0.3 is 0 Å². The Morgan fingerprint density at radius 2 is 2.00 bits per heavy atom. The molecule has 116 valence electrons. The van der Waals surface area contributed by atoms with Crippen LogP contribution >= 0.6 is 11.3 Å². The van der Waals surface area contributed by atoms with Gasteiger partial charge in [0.15, 0.2) is 0 Å². The Morgan fingerprint density at radius 3 is 2.67 bits per heavy atom. The molecular formula is C14H21N3O2S2. The summed E-state index contributed by atoms with van der Waals surface area (Å²) in [5.74, 6) is 0. The quantitative estimate of drug-likeness (QED) is 0.843. The number of hydrogen-bond donors (Lipinski definition) is 0. The third-order valence-electron chi connectivity index (χ3n) is 4.94. The molecule has 7 heteroatoms. The molecule has 0 bridgehead atoms. The molecule has 1 aromatic heterocycles. The van der Waals surface area contributed by atoms with Crippen LogP contribution in [0.1, 0.15) is 36.4 Å². The van der Waals surface area contributed by atoms with Crippen molar-refractivity contribution in [2.75, 3.05) is 13.1 Å². The lowest BCUT2D eigenvalue weighted by atomic mass is 10.1. The highest BCUT2D eigenvalue weighted by molar-refractivity contribution is 7.90. The van der Waals surface area contributed by atoms with Crippen LogP contribution in [0.4, 0.5) is 0 Å². The average molecular weight is 327 g/mol. The largest absolute Gasteiger partial charge is 0.293 e. The second-order valence-corrected chi connectivity index (χ2v) is 9.62. The number of likely N-dealkylation sites (tertiary alicyclic amines) is 1. The lowest BCUT2D eigenvalue weighted by Gasteiger charge is -2.24. The second kappa shape index (κ2) is 5.01. The summed E-state index contributed by atoms with van der Waals surface area (Å²) in [5, 5.41) is 3.15. The smallest absolute Gasteiger partial charge is 0.217 e. The number of thiazole rings is 1. The van der Waals surface area contributed by atoms with Crippen molar-refractivity contribution in [3.05, 3.63) is 16.1 Å². The number of rotatable bonds is 4. The van der Waals surface area contributed by atoms with E-state index < -0.39 is 10.0 Å².